The maximum atomic E-state index is 8.51. The third kappa shape index (κ3) is 3.76. The molecule has 1 rings (SSSR count). The number of nitrogens with one attached hydrogen (secondary N) is 1. The Labute approximate surface area is 103 Å². The second-order valence-electron chi connectivity index (χ2n) is 5.04. The SMILES string of the molecule is COc1ccc(C(C)(C)C)cc1CNCC#N. The molecule has 3 heteroatoms. The van der Waals surface area contributed by atoms with Crippen LogP contribution < -0.4 is 10.1 Å². The zero-order valence-electron chi connectivity index (χ0n) is 11.0. The number of nitrogens with zero attached hydrogens (tertiary/aromatic N) is 1. The maximum Gasteiger partial charge on any atom is 0.123 e. The molecule has 0 aliphatic heterocycles. The number of methoxy groups -OCH3 is 1. The highest BCUT2D eigenvalue weighted by Crippen LogP contribution is 2.27. The molecule has 0 aromatic heterocycles. The number of nitriles is 1. The van der Waals surface area contributed by atoms with E-state index in [2.05, 4.69) is 44.3 Å². The van der Waals surface area contributed by atoms with Crippen LogP contribution in [-0.2, 0) is 12.0 Å². The highest BCUT2D eigenvalue weighted by molar-refractivity contribution is 5.39. The lowest BCUT2D eigenvalue weighted by Gasteiger charge is -2.21. The average Bonchev–Trinajstić information content (AvgIpc) is 2.28. The van der Waals surface area contributed by atoms with Gasteiger partial charge in [0.25, 0.3) is 0 Å². The molecule has 0 unspecified atom stereocenters. The molecule has 17 heavy (non-hydrogen) atoms. The highest BCUT2D eigenvalue weighted by Gasteiger charge is 2.15. The van der Waals surface area contributed by atoms with E-state index in [9.17, 15) is 0 Å². The van der Waals surface area contributed by atoms with E-state index in [1.807, 2.05) is 6.07 Å². The largest absolute Gasteiger partial charge is 0.496 e. The van der Waals surface area contributed by atoms with E-state index in [1.165, 1.54) is 5.56 Å². The summed E-state index contributed by atoms with van der Waals surface area (Å²) in [7, 11) is 1.67. The van der Waals surface area contributed by atoms with Crippen LogP contribution in [0.5, 0.6) is 5.75 Å². The van der Waals surface area contributed by atoms with Crippen LogP contribution in [0.15, 0.2) is 18.2 Å². The van der Waals surface area contributed by atoms with Gasteiger partial charge in [0.1, 0.15) is 5.75 Å². The summed E-state index contributed by atoms with van der Waals surface area (Å²) >= 11 is 0. The fourth-order valence-electron chi connectivity index (χ4n) is 1.64. The lowest BCUT2D eigenvalue weighted by atomic mass is 9.86. The Kier molecular flexibility index (Phi) is 4.53. The van der Waals surface area contributed by atoms with Gasteiger partial charge in [-0.3, -0.25) is 0 Å². The van der Waals surface area contributed by atoms with Gasteiger partial charge in [0.2, 0.25) is 0 Å². The van der Waals surface area contributed by atoms with Crippen LogP contribution in [-0.4, -0.2) is 13.7 Å². The highest BCUT2D eigenvalue weighted by atomic mass is 16.5. The van der Waals surface area contributed by atoms with Crippen molar-refractivity contribution < 1.29 is 4.74 Å². The van der Waals surface area contributed by atoms with Crippen LogP contribution in [0.1, 0.15) is 31.9 Å². The first-order chi connectivity index (χ1) is 7.99. The van der Waals surface area contributed by atoms with Crippen LogP contribution in [0.2, 0.25) is 0 Å². The van der Waals surface area contributed by atoms with Crippen molar-refractivity contribution in [2.45, 2.75) is 32.7 Å². The molecule has 0 aliphatic rings. The van der Waals surface area contributed by atoms with Crippen molar-refractivity contribution in [2.75, 3.05) is 13.7 Å². The van der Waals surface area contributed by atoms with Gasteiger partial charge in [-0.25, -0.2) is 0 Å². The predicted molar refractivity (Wildman–Crippen MR) is 69.0 cm³/mol. The average molecular weight is 232 g/mol. The van der Waals surface area contributed by atoms with E-state index in [0.717, 1.165) is 11.3 Å². The quantitative estimate of drug-likeness (QED) is 0.641. The van der Waals surface area contributed by atoms with E-state index in [0.29, 0.717) is 13.1 Å². The van der Waals surface area contributed by atoms with Gasteiger partial charge in [-0.05, 0) is 17.0 Å². The topological polar surface area (TPSA) is 45.0 Å². The van der Waals surface area contributed by atoms with Crippen LogP contribution in [0.25, 0.3) is 0 Å². The second-order valence-corrected chi connectivity index (χ2v) is 5.04. The lowest BCUT2D eigenvalue weighted by molar-refractivity contribution is 0.407. The van der Waals surface area contributed by atoms with E-state index >= 15 is 0 Å². The fraction of sp³-hybridized carbons (Fsp3) is 0.500. The molecule has 1 N–H and O–H groups in total. The molecule has 0 spiro atoms. The molecule has 0 radical (unpaired) electrons. The summed E-state index contributed by atoms with van der Waals surface area (Å²) in [5, 5.41) is 11.6. The van der Waals surface area contributed by atoms with Gasteiger partial charge < -0.3 is 10.1 Å². The Morgan fingerprint density at radius 2 is 2.06 bits per heavy atom. The van der Waals surface area contributed by atoms with Crippen molar-refractivity contribution in [1.29, 1.82) is 5.26 Å². The molecular formula is C14H20N2O. The first-order valence-corrected chi connectivity index (χ1v) is 5.74. The number of benzene rings is 1. The minimum absolute atomic E-state index is 0.121. The second kappa shape index (κ2) is 5.70. The van der Waals surface area contributed by atoms with Gasteiger partial charge in [-0.1, -0.05) is 32.9 Å². The van der Waals surface area contributed by atoms with Crippen LogP contribution in [0, 0.1) is 11.3 Å². The van der Waals surface area contributed by atoms with Crippen molar-refractivity contribution in [3.05, 3.63) is 29.3 Å². The number of ether oxygens (including phenoxy) is 1. The summed E-state index contributed by atoms with van der Waals surface area (Å²) in [5.41, 5.74) is 2.48. The van der Waals surface area contributed by atoms with Gasteiger partial charge in [-0.2, -0.15) is 5.26 Å². The summed E-state index contributed by atoms with van der Waals surface area (Å²) in [6, 6.07) is 8.29. The molecule has 0 atom stereocenters. The van der Waals surface area contributed by atoms with Gasteiger partial charge in [0.15, 0.2) is 0 Å². The Morgan fingerprint density at radius 3 is 2.59 bits per heavy atom. The minimum Gasteiger partial charge on any atom is -0.496 e. The third-order valence-corrected chi connectivity index (χ3v) is 2.67. The summed E-state index contributed by atoms with van der Waals surface area (Å²) < 4.78 is 5.32. The zero-order chi connectivity index (χ0) is 12.9. The molecule has 0 saturated heterocycles. The molecular weight excluding hydrogens is 212 g/mol. The minimum atomic E-state index is 0.121. The Morgan fingerprint density at radius 1 is 1.35 bits per heavy atom. The normalized spacial score (nSPS) is 11.0. The molecule has 1 aromatic rings. The standard InChI is InChI=1S/C14H20N2O/c1-14(2,3)12-5-6-13(17-4)11(9-12)10-16-8-7-15/h5-6,9,16H,8,10H2,1-4H3. The van der Waals surface area contributed by atoms with Crippen molar-refractivity contribution in [3.8, 4) is 11.8 Å². The van der Waals surface area contributed by atoms with Crippen molar-refractivity contribution in [2.24, 2.45) is 0 Å². The third-order valence-electron chi connectivity index (χ3n) is 2.67. The lowest BCUT2D eigenvalue weighted by Crippen LogP contribution is -2.16. The molecule has 0 saturated carbocycles. The predicted octanol–water partition coefficient (Wildman–Crippen LogP) is 2.61. The number of hydrogen-bond acceptors (Lipinski definition) is 3. The van der Waals surface area contributed by atoms with Gasteiger partial charge in [-0.15, -0.1) is 0 Å². The van der Waals surface area contributed by atoms with Crippen LogP contribution in [0.3, 0.4) is 0 Å². The van der Waals surface area contributed by atoms with Crippen LogP contribution >= 0.6 is 0 Å². The van der Waals surface area contributed by atoms with Gasteiger partial charge in [0.05, 0.1) is 19.7 Å². The van der Waals surface area contributed by atoms with Crippen molar-refractivity contribution in [3.63, 3.8) is 0 Å². The zero-order valence-corrected chi connectivity index (χ0v) is 11.0. The Bertz CT molecular complexity index is 413. The molecule has 0 heterocycles. The summed E-state index contributed by atoms with van der Waals surface area (Å²) in [6.45, 7) is 7.55. The van der Waals surface area contributed by atoms with Crippen molar-refractivity contribution in [1.82, 2.24) is 5.32 Å². The molecule has 1 aromatic carbocycles. The van der Waals surface area contributed by atoms with E-state index in [1.54, 1.807) is 7.11 Å². The molecule has 0 fully saturated rings. The smallest absolute Gasteiger partial charge is 0.123 e. The monoisotopic (exact) mass is 232 g/mol. The number of rotatable bonds is 4. The first kappa shape index (κ1) is 13.5. The van der Waals surface area contributed by atoms with E-state index < -0.39 is 0 Å². The molecule has 0 bridgehead atoms. The molecule has 0 aliphatic carbocycles. The molecule has 3 nitrogen and oxygen atoms in total. The summed E-state index contributed by atoms with van der Waals surface area (Å²) in [5.74, 6) is 0.864. The van der Waals surface area contributed by atoms with Crippen molar-refractivity contribution >= 4 is 0 Å². The van der Waals surface area contributed by atoms with Gasteiger partial charge in [0, 0.05) is 12.1 Å². The maximum absolute atomic E-state index is 8.51. The van der Waals surface area contributed by atoms with E-state index in [4.69, 9.17) is 10.00 Å². The fourth-order valence-corrected chi connectivity index (χ4v) is 1.64. The Hall–Kier alpha value is -1.53. The molecule has 0 amide bonds. The Balaban J connectivity index is 2.95. The first-order valence-electron chi connectivity index (χ1n) is 5.74. The molecule has 92 valence electrons. The van der Waals surface area contributed by atoms with Gasteiger partial charge >= 0.3 is 0 Å². The summed E-state index contributed by atoms with van der Waals surface area (Å²) in [6.07, 6.45) is 0. The van der Waals surface area contributed by atoms with Crippen LogP contribution in [0.4, 0.5) is 0 Å². The number of hydrogen-bond donors (Lipinski definition) is 1. The van der Waals surface area contributed by atoms with E-state index in [-0.39, 0.29) is 5.41 Å². The summed E-state index contributed by atoms with van der Waals surface area (Å²) in [4.78, 5) is 0.